The lowest BCUT2D eigenvalue weighted by Crippen LogP contribution is -2.25. The quantitative estimate of drug-likeness (QED) is 0.355. The Morgan fingerprint density at radius 1 is 1.10 bits per heavy atom. The van der Waals surface area contributed by atoms with Crippen LogP contribution in [0.5, 0.6) is 0 Å². The Kier molecular flexibility index (Phi) is 6.79. The third-order valence-corrected chi connectivity index (χ3v) is 6.83. The number of carbonyl (C=O) groups excluding carboxylic acids is 1. The van der Waals surface area contributed by atoms with Gasteiger partial charge >= 0.3 is 0 Å². The number of benzene rings is 2. The minimum Gasteiger partial charge on any atom is -0.325 e. The summed E-state index contributed by atoms with van der Waals surface area (Å²) in [4.78, 5) is 14.1. The SMILES string of the molecule is CCC(Sc1nnc(Cc2cccs2)n1-c1ccccc1)C(=O)Nc1ccc(F)cc1. The van der Waals surface area contributed by atoms with Gasteiger partial charge in [-0.25, -0.2) is 4.39 Å². The summed E-state index contributed by atoms with van der Waals surface area (Å²) >= 11 is 3.06. The molecule has 8 heteroatoms. The van der Waals surface area contributed by atoms with Crippen LogP contribution in [0.3, 0.4) is 0 Å². The van der Waals surface area contributed by atoms with E-state index in [0.29, 0.717) is 23.7 Å². The number of para-hydroxylation sites is 1. The minimum absolute atomic E-state index is 0.151. The highest BCUT2D eigenvalue weighted by atomic mass is 32.2. The fourth-order valence-corrected chi connectivity index (χ4v) is 4.79. The standard InChI is InChI=1S/C23H21FN4OS2/c1-2-20(22(29)25-17-12-10-16(24)11-13-17)31-23-27-26-21(15-19-9-6-14-30-19)28(23)18-7-4-3-5-8-18/h3-14,20H,2,15H2,1H3,(H,25,29). The summed E-state index contributed by atoms with van der Waals surface area (Å²) in [7, 11) is 0. The average Bonchev–Trinajstić information content (AvgIpc) is 3.44. The first kappa shape index (κ1) is 21.3. The number of thioether (sulfide) groups is 1. The van der Waals surface area contributed by atoms with E-state index in [1.807, 2.05) is 53.3 Å². The van der Waals surface area contributed by atoms with Crippen molar-refractivity contribution in [2.45, 2.75) is 30.2 Å². The highest BCUT2D eigenvalue weighted by Crippen LogP contribution is 2.29. The normalized spacial score (nSPS) is 11.9. The monoisotopic (exact) mass is 452 g/mol. The second kappa shape index (κ2) is 9.89. The van der Waals surface area contributed by atoms with Crippen molar-refractivity contribution in [1.29, 1.82) is 0 Å². The van der Waals surface area contributed by atoms with Gasteiger partial charge < -0.3 is 5.32 Å². The molecule has 1 N–H and O–H groups in total. The first-order valence-electron chi connectivity index (χ1n) is 9.89. The maximum atomic E-state index is 13.1. The van der Waals surface area contributed by atoms with Gasteiger partial charge in [0.2, 0.25) is 5.91 Å². The Morgan fingerprint density at radius 2 is 1.87 bits per heavy atom. The number of rotatable bonds is 8. The van der Waals surface area contributed by atoms with Crippen LogP contribution in [-0.2, 0) is 11.2 Å². The van der Waals surface area contributed by atoms with Crippen LogP contribution in [0.15, 0.2) is 77.3 Å². The summed E-state index contributed by atoms with van der Waals surface area (Å²) in [6, 6.07) is 19.8. The molecule has 0 bridgehead atoms. The van der Waals surface area contributed by atoms with Gasteiger partial charge in [0.25, 0.3) is 0 Å². The molecule has 0 saturated heterocycles. The van der Waals surface area contributed by atoms with Gasteiger partial charge in [0.05, 0.1) is 5.25 Å². The van der Waals surface area contributed by atoms with Crippen LogP contribution in [-0.4, -0.2) is 25.9 Å². The van der Waals surface area contributed by atoms with Crippen molar-refractivity contribution in [3.8, 4) is 5.69 Å². The Bertz CT molecular complexity index is 1130. The number of hydrogen-bond acceptors (Lipinski definition) is 5. The number of thiophene rings is 1. The van der Waals surface area contributed by atoms with Crippen molar-refractivity contribution in [3.63, 3.8) is 0 Å². The summed E-state index contributed by atoms with van der Waals surface area (Å²) in [5.74, 6) is 0.333. The van der Waals surface area contributed by atoms with Gasteiger partial charge in [-0.05, 0) is 54.3 Å². The summed E-state index contributed by atoms with van der Waals surface area (Å²) < 4.78 is 15.2. The summed E-state index contributed by atoms with van der Waals surface area (Å²) in [6.45, 7) is 1.96. The molecule has 2 aromatic carbocycles. The smallest absolute Gasteiger partial charge is 0.237 e. The molecule has 1 unspecified atom stereocenters. The molecule has 2 heterocycles. The van der Waals surface area contributed by atoms with E-state index in [0.717, 1.165) is 11.5 Å². The van der Waals surface area contributed by atoms with Gasteiger partial charge in [0.15, 0.2) is 5.16 Å². The number of hydrogen-bond donors (Lipinski definition) is 1. The average molecular weight is 453 g/mol. The van der Waals surface area contributed by atoms with Crippen molar-refractivity contribution < 1.29 is 9.18 Å². The van der Waals surface area contributed by atoms with Gasteiger partial charge in [-0.15, -0.1) is 21.5 Å². The first-order valence-corrected chi connectivity index (χ1v) is 11.6. The van der Waals surface area contributed by atoms with Gasteiger partial charge in [-0.1, -0.05) is 43.0 Å². The van der Waals surface area contributed by atoms with E-state index in [1.54, 1.807) is 23.5 Å². The molecule has 4 rings (SSSR count). The largest absolute Gasteiger partial charge is 0.325 e. The Labute approximate surface area is 188 Å². The molecular formula is C23H21FN4OS2. The van der Waals surface area contributed by atoms with Crippen LogP contribution in [0.2, 0.25) is 0 Å². The number of amides is 1. The van der Waals surface area contributed by atoms with Gasteiger partial charge in [-0.3, -0.25) is 9.36 Å². The number of nitrogens with one attached hydrogen (secondary N) is 1. The van der Waals surface area contributed by atoms with Gasteiger partial charge in [-0.2, -0.15) is 0 Å². The molecule has 0 aliphatic rings. The molecule has 1 amide bonds. The minimum atomic E-state index is -0.369. The van der Waals surface area contributed by atoms with E-state index >= 15 is 0 Å². The van der Waals surface area contributed by atoms with Crippen LogP contribution in [0, 0.1) is 5.82 Å². The number of carbonyl (C=O) groups is 1. The lowest BCUT2D eigenvalue weighted by molar-refractivity contribution is -0.115. The highest BCUT2D eigenvalue weighted by molar-refractivity contribution is 8.00. The molecule has 1 atom stereocenters. The van der Waals surface area contributed by atoms with Crippen LogP contribution < -0.4 is 5.32 Å². The molecule has 31 heavy (non-hydrogen) atoms. The van der Waals surface area contributed by atoms with Crippen molar-refractivity contribution in [3.05, 3.63) is 88.6 Å². The molecule has 0 aliphatic carbocycles. The zero-order valence-electron chi connectivity index (χ0n) is 16.9. The maximum Gasteiger partial charge on any atom is 0.237 e. The van der Waals surface area contributed by atoms with E-state index in [1.165, 1.54) is 28.8 Å². The summed E-state index contributed by atoms with van der Waals surface area (Å²) in [5.41, 5.74) is 1.52. The number of halogens is 1. The fourth-order valence-electron chi connectivity index (χ4n) is 3.10. The van der Waals surface area contributed by atoms with Crippen molar-refractivity contribution in [2.24, 2.45) is 0 Å². The zero-order valence-corrected chi connectivity index (χ0v) is 18.5. The van der Waals surface area contributed by atoms with Gasteiger partial charge in [0, 0.05) is 22.7 Å². The number of nitrogens with zero attached hydrogens (tertiary/aromatic N) is 3. The Morgan fingerprint density at radius 3 is 2.55 bits per heavy atom. The van der Waals surface area contributed by atoms with Crippen molar-refractivity contribution in [1.82, 2.24) is 14.8 Å². The predicted molar refractivity (Wildman–Crippen MR) is 123 cm³/mol. The molecular weight excluding hydrogens is 431 g/mol. The summed E-state index contributed by atoms with van der Waals surface area (Å²) in [6.07, 6.45) is 1.28. The number of aromatic nitrogens is 3. The zero-order chi connectivity index (χ0) is 21.6. The van der Waals surface area contributed by atoms with Crippen molar-refractivity contribution >= 4 is 34.7 Å². The van der Waals surface area contributed by atoms with Crippen molar-refractivity contribution in [2.75, 3.05) is 5.32 Å². The third-order valence-electron chi connectivity index (χ3n) is 4.65. The lowest BCUT2D eigenvalue weighted by atomic mass is 10.2. The molecule has 0 saturated carbocycles. The predicted octanol–water partition coefficient (Wildman–Crippen LogP) is 5.57. The van der Waals surface area contributed by atoms with E-state index in [9.17, 15) is 9.18 Å². The summed E-state index contributed by atoms with van der Waals surface area (Å²) in [5, 5.41) is 14.0. The fraction of sp³-hybridized carbons (Fsp3) is 0.174. The maximum absolute atomic E-state index is 13.1. The Balaban J connectivity index is 1.59. The van der Waals surface area contributed by atoms with E-state index in [-0.39, 0.29) is 17.0 Å². The molecule has 4 aromatic rings. The lowest BCUT2D eigenvalue weighted by Gasteiger charge is -2.16. The molecule has 158 valence electrons. The van der Waals surface area contributed by atoms with E-state index < -0.39 is 0 Å². The second-order valence-corrected chi connectivity index (χ2v) is 9.04. The van der Waals surface area contributed by atoms with Gasteiger partial charge in [0.1, 0.15) is 11.6 Å². The number of anilines is 1. The molecule has 0 spiro atoms. The molecule has 0 aliphatic heterocycles. The van der Waals surface area contributed by atoms with E-state index in [2.05, 4.69) is 21.6 Å². The van der Waals surface area contributed by atoms with Crippen LogP contribution in [0.4, 0.5) is 10.1 Å². The topological polar surface area (TPSA) is 59.8 Å². The second-order valence-electron chi connectivity index (χ2n) is 6.84. The van der Waals surface area contributed by atoms with Crippen LogP contribution >= 0.6 is 23.1 Å². The van der Waals surface area contributed by atoms with Crippen LogP contribution in [0.1, 0.15) is 24.0 Å². The first-order chi connectivity index (χ1) is 15.1. The third kappa shape index (κ3) is 5.21. The van der Waals surface area contributed by atoms with E-state index in [4.69, 9.17) is 0 Å². The Hall–Kier alpha value is -2.97. The highest BCUT2D eigenvalue weighted by Gasteiger charge is 2.23. The van der Waals surface area contributed by atoms with Crippen LogP contribution in [0.25, 0.3) is 5.69 Å². The molecule has 0 fully saturated rings. The molecule has 2 aromatic heterocycles. The molecule has 0 radical (unpaired) electrons. The molecule has 5 nitrogen and oxygen atoms in total.